The highest BCUT2D eigenvalue weighted by molar-refractivity contribution is 5.82. The number of nitrogens with one attached hydrogen (secondary N) is 1. The first kappa shape index (κ1) is 13.1. The number of nitrogens with zero attached hydrogens (tertiary/aromatic N) is 2. The fourth-order valence-corrected chi connectivity index (χ4v) is 2.42. The van der Waals surface area contributed by atoms with E-state index in [0.29, 0.717) is 12.0 Å². The predicted octanol–water partition coefficient (Wildman–Crippen LogP) is 3.27. The molecule has 3 heteroatoms. The van der Waals surface area contributed by atoms with Gasteiger partial charge in [-0.15, -0.1) is 0 Å². The summed E-state index contributed by atoms with van der Waals surface area (Å²) in [5, 5.41) is 9.60. The largest absolute Gasteiger partial charge is 0.308 e. The van der Waals surface area contributed by atoms with Gasteiger partial charge >= 0.3 is 0 Å². The second-order valence-corrected chi connectivity index (χ2v) is 5.20. The zero-order valence-electron chi connectivity index (χ0n) is 11.8. The van der Waals surface area contributed by atoms with Crippen LogP contribution in [0.4, 0.5) is 0 Å². The SMILES string of the molecule is CCCNC(c1nn(C)c2ccccc12)C(C)C. The lowest BCUT2D eigenvalue weighted by molar-refractivity contribution is 0.403. The Bertz CT molecular complexity index is 513. The molecule has 0 aliphatic heterocycles. The third-order valence-corrected chi connectivity index (χ3v) is 3.36. The number of para-hydroxylation sites is 1. The van der Waals surface area contributed by atoms with Gasteiger partial charge in [-0.05, 0) is 24.9 Å². The van der Waals surface area contributed by atoms with Crippen LogP contribution in [-0.2, 0) is 7.05 Å². The van der Waals surface area contributed by atoms with E-state index in [9.17, 15) is 0 Å². The monoisotopic (exact) mass is 245 g/mol. The van der Waals surface area contributed by atoms with Crippen LogP contribution >= 0.6 is 0 Å². The molecular weight excluding hydrogens is 222 g/mol. The number of rotatable bonds is 5. The fourth-order valence-electron chi connectivity index (χ4n) is 2.42. The first-order chi connectivity index (χ1) is 8.65. The summed E-state index contributed by atoms with van der Waals surface area (Å²) in [5.41, 5.74) is 2.38. The van der Waals surface area contributed by atoms with Crippen LogP contribution in [0, 0.1) is 5.92 Å². The standard InChI is InChI=1S/C15H23N3/c1-5-10-16-14(11(2)3)15-12-8-6-7-9-13(12)18(4)17-15/h6-9,11,14,16H,5,10H2,1-4H3. The van der Waals surface area contributed by atoms with Crippen molar-refractivity contribution in [3.63, 3.8) is 0 Å². The molecule has 0 saturated carbocycles. The molecule has 0 radical (unpaired) electrons. The summed E-state index contributed by atoms with van der Waals surface area (Å²) in [6.45, 7) is 7.72. The first-order valence-corrected chi connectivity index (χ1v) is 6.80. The van der Waals surface area contributed by atoms with E-state index in [0.717, 1.165) is 13.0 Å². The lowest BCUT2D eigenvalue weighted by atomic mass is 9.98. The Kier molecular flexibility index (Phi) is 4.02. The quantitative estimate of drug-likeness (QED) is 0.876. The number of hydrogen-bond acceptors (Lipinski definition) is 2. The average molecular weight is 245 g/mol. The van der Waals surface area contributed by atoms with Crippen LogP contribution in [0.1, 0.15) is 38.9 Å². The summed E-state index contributed by atoms with van der Waals surface area (Å²) in [7, 11) is 2.02. The van der Waals surface area contributed by atoms with Crippen LogP contribution in [0.25, 0.3) is 10.9 Å². The second-order valence-electron chi connectivity index (χ2n) is 5.20. The van der Waals surface area contributed by atoms with Crippen LogP contribution in [0.2, 0.25) is 0 Å². The molecule has 1 N–H and O–H groups in total. The van der Waals surface area contributed by atoms with Gasteiger partial charge in [-0.1, -0.05) is 39.0 Å². The summed E-state index contributed by atoms with van der Waals surface area (Å²) < 4.78 is 1.98. The van der Waals surface area contributed by atoms with E-state index in [2.05, 4.69) is 50.4 Å². The van der Waals surface area contributed by atoms with Crippen molar-refractivity contribution in [2.45, 2.75) is 33.2 Å². The molecule has 0 saturated heterocycles. The van der Waals surface area contributed by atoms with E-state index < -0.39 is 0 Å². The molecule has 98 valence electrons. The van der Waals surface area contributed by atoms with Gasteiger partial charge in [0.15, 0.2) is 0 Å². The lowest BCUT2D eigenvalue weighted by Gasteiger charge is -2.20. The summed E-state index contributed by atoms with van der Waals surface area (Å²) in [4.78, 5) is 0. The van der Waals surface area contributed by atoms with Crippen LogP contribution in [0.5, 0.6) is 0 Å². The van der Waals surface area contributed by atoms with Crippen molar-refractivity contribution in [3.05, 3.63) is 30.0 Å². The van der Waals surface area contributed by atoms with Crippen molar-refractivity contribution >= 4 is 10.9 Å². The number of fused-ring (bicyclic) bond motifs is 1. The smallest absolute Gasteiger partial charge is 0.0875 e. The van der Waals surface area contributed by atoms with Crippen molar-refractivity contribution in [1.82, 2.24) is 15.1 Å². The van der Waals surface area contributed by atoms with Gasteiger partial charge in [0.25, 0.3) is 0 Å². The third kappa shape index (κ3) is 2.41. The van der Waals surface area contributed by atoms with Gasteiger partial charge in [-0.3, -0.25) is 4.68 Å². The van der Waals surface area contributed by atoms with Gasteiger partial charge in [-0.25, -0.2) is 0 Å². The second kappa shape index (κ2) is 5.53. The number of hydrogen-bond donors (Lipinski definition) is 1. The molecule has 1 aromatic carbocycles. The van der Waals surface area contributed by atoms with Crippen molar-refractivity contribution in [2.75, 3.05) is 6.54 Å². The van der Waals surface area contributed by atoms with Gasteiger partial charge in [0.2, 0.25) is 0 Å². The van der Waals surface area contributed by atoms with Crippen LogP contribution in [0.3, 0.4) is 0 Å². The molecule has 3 nitrogen and oxygen atoms in total. The normalized spacial score (nSPS) is 13.4. The molecule has 1 heterocycles. The van der Waals surface area contributed by atoms with E-state index >= 15 is 0 Å². The van der Waals surface area contributed by atoms with Crippen LogP contribution < -0.4 is 5.32 Å². The van der Waals surface area contributed by atoms with E-state index in [4.69, 9.17) is 5.10 Å². The van der Waals surface area contributed by atoms with Crippen molar-refractivity contribution in [2.24, 2.45) is 13.0 Å². The molecule has 1 unspecified atom stereocenters. The first-order valence-electron chi connectivity index (χ1n) is 6.80. The number of aromatic nitrogens is 2. The molecule has 1 atom stereocenters. The van der Waals surface area contributed by atoms with Crippen molar-refractivity contribution in [1.29, 1.82) is 0 Å². The topological polar surface area (TPSA) is 29.9 Å². The Morgan fingerprint density at radius 1 is 1.28 bits per heavy atom. The van der Waals surface area contributed by atoms with E-state index in [1.807, 2.05) is 11.7 Å². The molecule has 0 fully saturated rings. The zero-order valence-corrected chi connectivity index (χ0v) is 11.8. The van der Waals surface area contributed by atoms with E-state index in [1.54, 1.807) is 0 Å². The fraction of sp³-hybridized carbons (Fsp3) is 0.533. The Labute approximate surface area is 109 Å². The molecular formula is C15H23N3. The van der Waals surface area contributed by atoms with Gasteiger partial charge in [0, 0.05) is 12.4 Å². The lowest BCUT2D eigenvalue weighted by Crippen LogP contribution is -2.27. The molecule has 1 aromatic heterocycles. The Morgan fingerprint density at radius 3 is 2.67 bits per heavy atom. The molecule has 0 aliphatic carbocycles. The molecule has 0 aliphatic rings. The molecule has 0 spiro atoms. The minimum atomic E-state index is 0.330. The predicted molar refractivity (Wildman–Crippen MR) is 76.6 cm³/mol. The Balaban J connectivity index is 2.44. The summed E-state index contributed by atoms with van der Waals surface area (Å²) in [6, 6.07) is 8.78. The van der Waals surface area contributed by atoms with Gasteiger partial charge in [0.05, 0.1) is 17.3 Å². The summed E-state index contributed by atoms with van der Waals surface area (Å²) in [5.74, 6) is 0.537. The molecule has 2 rings (SSSR count). The number of aryl methyl sites for hydroxylation is 1. The van der Waals surface area contributed by atoms with Gasteiger partial charge in [-0.2, -0.15) is 5.10 Å². The van der Waals surface area contributed by atoms with Crippen LogP contribution in [0.15, 0.2) is 24.3 Å². The van der Waals surface area contributed by atoms with Crippen molar-refractivity contribution in [3.8, 4) is 0 Å². The molecule has 0 amide bonds. The van der Waals surface area contributed by atoms with Crippen molar-refractivity contribution < 1.29 is 0 Å². The van der Waals surface area contributed by atoms with Gasteiger partial charge in [0.1, 0.15) is 0 Å². The molecule has 18 heavy (non-hydrogen) atoms. The maximum atomic E-state index is 4.72. The minimum absolute atomic E-state index is 0.330. The molecule has 2 aromatic rings. The highest BCUT2D eigenvalue weighted by atomic mass is 15.3. The Hall–Kier alpha value is -1.35. The maximum absolute atomic E-state index is 4.72. The summed E-state index contributed by atoms with van der Waals surface area (Å²) in [6.07, 6.45) is 1.15. The highest BCUT2D eigenvalue weighted by Gasteiger charge is 2.21. The number of benzene rings is 1. The van der Waals surface area contributed by atoms with Crippen LogP contribution in [-0.4, -0.2) is 16.3 Å². The molecule has 0 bridgehead atoms. The Morgan fingerprint density at radius 2 is 2.00 bits per heavy atom. The zero-order chi connectivity index (χ0) is 13.1. The summed E-state index contributed by atoms with van der Waals surface area (Å²) >= 11 is 0. The van der Waals surface area contributed by atoms with Gasteiger partial charge < -0.3 is 5.32 Å². The average Bonchev–Trinajstić information content (AvgIpc) is 2.68. The van der Waals surface area contributed by atoms with E-state index in [1.165, 1.54) is 16.6 Å². The highest BCUT2D eigenvalue weighted by Crippen LogP contribution is 2.27. The maximum Gasteiger partial charge on any atom is 0.0875 e. The van der Waals surface area contributed by atoms with E-state index in [-0.39, 0.29) is 0 Å². The minimum Gasteiger partial charge on any atom is -0.308 e. The third-order valence-electron chi connectivity index (χ3n) is 3.36.